The summed E-state index contributed by atoms with van der Waals surface area (Å²) in [7, 11) is 0. The number of hydrogen-bond acceptors (Lipinski definition) is 2. The van der Waals surface area contributed by atoms with Crippen LogP contribution >= 0.6 is 11.6 Å². The first-order chi connectivity index (χ1) is 9.78. The Hall–Kier alpha value is -0.640. The monoisotopic (exact) mass is 312 g/mol. The summed E-state index contributed by atoms with van der Waals surface area (Å²) >= 11 is 6.18. The minimum absolute atomic E-state index is 0.0746. The molecular weight excluding hydrogens is 287 g/mol. The van der Waals surface area contributed by atoms with Gasteiger partial charge in [-0.05, 0) is 43.9 Å². The van der Waals surface area contributed by atoms with Crippen molar-refractivity contribution in [2.45, 2.75) is 52.2 Å². The molecule has 1 saturated heterocycles. The van der Waals surface area contributed by atoms with Gasteiger partial charge in [-0.2, -0.15) is 0 Å². The molecule has 0 aromatic heterocycles. The molecule has 0 radical (unpaired) electrons. The van der Waals surface area contributed by atoms with E-state index in [1.807, 2.05) is 0 Å². The lowest BCUT2D eigenvalue weighted by atomic mass is 9.93. The summed E-state index contributed by atoms with van der Waals surface area (Å²) in [6, 6.07) is 5.20. The van der Waals surface area contributed by atoms with Crippen molar-refractivity contribution in [1.82, 2.24) is 10.2 Å². The van der Waals surface area contributed by atoms with Crippen molar-refractivity contribution < 1.29 is 4.39 Å². The fraction of sp³-hybridized carbons (Fsp3) is 0.647. The van der Waals surface area contributed by atoms with Gasteiger partial charge < -0.3 is 5.32 Å². The summed E-state index contributed by atoms with van der Waals surface area (Å²) in [6.07, 6.45) is 1.17. The molecule has 4 heteroatoms. The van der Waals surface area contributed by atoms with Crippen LogP contribution in [-0.4, -0.2) is 29.6 Å². The van der Waals surface area contributed by atoms with Crippen molar-refractivity contribution in [2.75, 3.05) is 13.1 Å². The minimum Gasteiger partial charge on any atom is -0.311 e. The van der Waals surface area contributed by atoms with Gasteiger partial charge in [0.05, 0.1) is 0 Å². The number of benzene rings is 1. The molecule has 21 heavy (non-hydrogen) atoms. The summed E-state index contributed by atoms with van der Waals surface area (Å²) < 4.78 is 13.2. The van der Waals surface area contributed by atoms with E-state index < -0.39 is 0 Å². The minimum atomic E-state index is -0.277. The molecule has 1 aliphatic rings. The van der Waals surface area contributed by atoms with Crippen molar-refractivity contribution in [2.24, 2.45) is 5.92 Å². The first-order valence-corrected chi connectivity index (χ1v) is 8.08. The standard InChI is InChI=1S/C17H26ClFN2/c1-12(2)7-15-10-21(17(3,4)11-20-15)9-13-5-6-14(19)8-16(13)18/h5-6,8,12,15,20H,7,9-11H2,1-4H3. The quantitative estimate of drug-likeness (QED) is 0.901. The molecule has 1 aromatic rings. The van der Waals surface area contributed by atoms with Gasteiger partial charge in [0.1, 0.15) is 5.82 Å². The highest BCUT2D eigenvalue weighted by atomic mass is 35.5. The third-order valence-electron chi connectivity index (χ3n) is 4.25. The second kappa shape index (κ2) is 6.64. The van der Waals surface area contributed by atoms with E-state index >= 15 is 0 Å². The van der Waals surface area contributed by atoms with Crippen LogP contribution < -0.4 is 5.32 Å². The first kappa shape index (κ1) is 16.7. The normalized spacial score (nSPS) is 22.7. The van der Waals surface area contributed by atoms with Crippen molar-refractivity contribution in [3.8, 4) is 0 Å². The van der Waals surface area contributed by atoms with Gasteiger partial charge in [0.25, 0.3) is 0 Å². The second-order valence-electron chi connectivity index (χ2n) is 7.14. The molecule has 1 aliphatic heterocycles. The van der Waals surface area contributed by atoms with Crippen molar-refractivity contribution in [1.29, 1.82) is 0 Å². The van der Waals surface area contributed by atoms with Gasteiger partial charge in [-0.1, -0.05) is 31.5 Å². The van der Waals surface area contributed by atoms with E-state index in [1.54, 1.807) is 6.07 Å². The Morgan fingerprint density at radius 3 is 2.76 bits per heavy atom. The van der Waals surface area contributed by atoms with E-state index in [4.69, 9.17) is 11.6 Å². The van der Waals surface area contributed by atoms with Crippen LogP contribution in [0.3, 0.4) is 0 Å². The Labute approximate surface area is 132 Å². The maximum atomic E-state index is 13.2. The van der Waals surface area contributed by atoms with Crippen LogP contribution in [0.25, 0.3) is 0 Å². The molecule has 1 aromatic carbocycles. The van der Waals surface area contributed by atoms with Crippen molar-refractivity contribution in [3.05, 3.63) is 34.6 Å². The molecule has 0 amide bonds. The number of halogens is 2. The van der Waals surface area contributed by atoms with Crippen LogP contribution in [0.15, 0.2) is 18.2 Å². The molecule has 2 nitrogen and oxygen atoms in total. The number of nitrogens with zero attached hydrogens (tertiary/aromatic N) is 1. The summed E-state index contributed by atoms with van der Waals surface area (Å²) in [5, 5.41) is 4.16. The summed E-state index contributed by atoms with van der Waals surface area (Å²) in [6.45, 7) is 11.7. The molecule has 118 valence electrons. The highest BCUT2D eigenvalue weighted by molar-refractivity contribution is 6.31. The first-order valence-electron chi connectivity index (χ1n) is 7.70. The lowest BCUT2D eigenvalue weighted by Crippen LogP contribution is -2.61. The molecule has 0 spiro atoms. The van der Waals surface area contributed by atoms with E-state index in [0.717, 1.165) is 25.2 Å². The predicted octanol–water partition coefficient (Wildman–Crippen LogP) is 4.08. The number of rotatable bonds is 4. The third kappa shape index (κ3) is 4.41. The SMILES string of the molecule is CC(C)CC1CN(Cc2ccc(F)cc2Cl)C(C)(C)CN1. The summed E-state index contributed by atoms with van der Waals surface area (Å²) in [4.78, 5) is 2.45. The maximum absolute atomic E-state index is 13.2. The Kier molecular flexibility index (Phi) is 5.29. The topological polar surface area (TPSA) is 15.3 Å². The predicted molar refractivity (Wildman–Crippen MR) is 87.1 cm³/mol. The van der Waals surface area contributed by atoms with Gasteiger partial charge in [0, 0.05) is 36.2 Å². The van der Waals surface area contributed by atoms with Gasteiger partial charge >= 0.3 is 0 Å². The molecule has 1 fully saturated rings. The number of nitrogens with one attached hydrogen (secondary N) is 1. The van der Waals surface area contributed by atoms with E-state index in [0.29, 0.717) is 17.0 Å². The Balaban J connectivity index is 2.10. The van der Waals surface area contributed by atoms with Gasteiger partial charge in [0.2, 0.25) is 0 Å². The van der Waals surface area contributed by atoms with Crippen LogP contribution in [0.1, 0.15) is 39.7 Å². The summed E-state index contributed by atoms with van der Waals surface area (Å²) in [5.74, 6) is 0.404. The maximum Gasteiger partial charge on any atom is 0.124 e. The van der Waals surface area contributed by atoms with Crippen LogP contribution in [0.2, 0.25) is 5.02 Å². The fourth-order valence-electron chi connectivity index (χ4n) is 2.94. The third-order valence-corrected chi connectivity index (χ3v) is 4.60. The van der Waals surface area contributed by atoms with Crippen molar-refractivity contribution in [3.63, 3.8) is 0 Å². The molecule has 1 heterocycles. The van der Waals surface area contributed by atoms with E-state index in [1.165, 1.54) is 18.6 Å². The Bertz CT molecular complexity index is 488. The lowest BCUT2D eigenvalue weighted by molar-refractivity contribution is 0.0536. The second-order valence-corrected chi connectivity index (χ2v) is 7.54. The zero-order valence-corrected chi connectivity index (χ0v) is 14.2. The number of piperazine rings is 1. The van der Waals surface area contributed by atoms with Crippen LogP contribution in [0, 0.1) is 11.7 Å². The lowest BCUT2D eigenvalue weighted by Gasteiger charge is -2.46. The zero-order chi connectivity index (χ0) is 15.6. The van der Waals surface area contributed by atoms with E-state index in [2.05, 4.69) is 37.9 Å². The average Bonchev–Trinajstić information content (AvgIpc) is 2.36. The van der Waals surface area contributed by atoms with Gasteiger partial charge in [-0.3, -0.25) is 4.90 Å². The molecule has 0 saturated carbocycles. The molecule has 1 unspecified atom stereocenters. The Morgan fingerprint density at radius 2 is 2.14 bits per heavy atom. The zero-order valence-electron chi connectivity index (χ0n) is 13.4. The van der Waals surface area contributed by atoms with E-state index in [-0.39, 0.29) is 11.4 Å². The average molecular weight is 313 g/mol. The smallest absolute Gasteiger partial charge is 0.124 e. The summed E-state index contributed by atoms with van der Waals surface area (Å²) in [5.41, 5.74) is 1.07. The van der Waals surface area contributed by atoms with Crippen LogP contribution in [0.4, 0.5) is 4.39 Å². The molecule has 2 rings (SSSR count). The van der Waals surface area contributed by atoms with Crippen LogP contribution in [-0.2, 0) is 6.54 Å². The largest absolute Gasteiger partial charge is 0.311 e. The van der Waals surface area contributed by atoms with Gasteiger partial charge in [0.15, 0.2) is 0 Å². The highest BCUT2D eigenvalue weighted by Crippen LogP contribution is 2.26. The van der Waals surface area contributed by atoms with Gasteiger partial charge in [-0.15, -0.1) is 0 Å². The molecule has 1 N–H and O–H groups in total. The van der Waals surface area contributed by atoms with E-state index in [9.17, 15) is 4.39 Å². The van der Waals surface area contributed by atoms with Crippen molar-refractivity contribution >= 4 is 11.6 Å². The fourth-order valence-corrected chi connectivity index (χ4v) is 3.17. The highest BCUT2D eigenvalue weighted by Gasteiger charge is 2.34. The Morgan fingerprint density at radius 1 is 1.43 bits per heavy atom. The molecule has 1 atom stereocenters. The van der Waals surface area contributed by atoms with Crippen LogP contribution in [0.5, 0.6) is 0 Å². The molecule has 0 bridgehead atoms. The molecular formula is C17H26ClFN2. The molecule has 0 aliphatic carbocycles. The number of hydrogen-bond donors (Lipinski definition) is 1. The van der Waals surface area contributed by atoms with Gasteiger partial charge in [-0.25, -0.2) is 4.39 Å².